The average molecular weight is 650 g/mol. The van der Waals surface area contributed by atoms with Crippen LogP contribution in [0.4, 0.5) is 5.69 Å². The van der Waals surface area contributed by atoms with Crippen LogP contribution in [0.1, 0.15) is 116 Å². The highest BCUT2D eigenvalue weighted by molar-refractivity contribution is 5.94. The fraction of sp³-hybridized carbons (Fsp3) is 0.564. The number of phenols is 1. The van der Waals surface area contributed by atoms with E-state index in [0.29, 0.717) is 28.9 Å². The molecule has 0 radical (unpaired) electrons. The predicted molar refractivity (Wildman–Crippen MR) is 188 cm³/mol. The number of phenolic OH excluding ortho intramolecular Hbond substituents is 1. The number of esters is 1. The topological polar surface area (TPSA) is 108 Å². The van der Waals surface area contributed by atoms with Crippen LogP contribution in [0, 0.1) is 16.0 Å². The first-order chi connectivity index (χ1) is 22.8. The van der Waals surface area contributed by atoms with Gasteiger partial charge in [-0.3, -0.25) is 14.9 Å². The van der Waals surface area contributed by atoms with Crippen LogP contribution >= 0.6 is 0 Å². The standard InChI is InChI=1S/C39H55NO7/c1-4-6-8-10-11-13-15-19-31(18-14-12-9-7-5-2)39(42)47-30(3)28-32-29-37(35-20-16-17-21-36(35)38(32)41)46-27-26-45-34-24-22-33(23-25-34)40(43)44/h16-17,20-25,29-31,41H,4-15,18-19,26-28H2,1-3H3. The molecule has 3 aromatic rings. The van der Waals surface area contributed by atoms with Crippen LogP contribution in [0.2, 0.25) is 0 Å². The number of benzene rings is 3. The molecule has 0 aliphatic heterocycles. The number of rotatable bonds is 24. The number of nitro benzene ring substituents is 1. The van der Waals surface area contributed by atoms with Crippen molar-refractivity contribution in [3.05, 3.63) is 70.3 Å². The van der Waals surface area contributed by atoms with Gasteiger partial charge in [-0.05, 0) is 38.0 Å². The number of carbonyl (C=O) groups is 1. The van der Waals surface area contributed by atoms with Crippen molar-refractivity contribution in [2.45, 2.75) is 123 Å². The van der Waals surface area contributed by atoms with Crippen LogP contribution in [0.3, 0.4) is 0 Å². The van der Waals surface area contributed by atoms with E-state index >= 15 is 0 Å². The van der Waals surface area contributed by atoms with Crippen molar-refractivity contribution in [3.63, 3.8) is 0 Å². The number of non-ortho nitro benzene ring substituents is 1. The number of ether oxygens (including phenoxy) is 3. The van der Waals surface area contributed by atoms with Crippen molar-refractivity contribution >= 4 is 22.4 Å². The smallest absolute Gasteiger partial charge is 0.309 e. The van der Waals surface area contributed by atoms with Gasteiger partial charge in [-0.25, -0.2) is 0 Å². The van der Waals surface area contributed by atoms with E-state index in [-0.39, 0.29) is 36.5 Å². The SMILES string of the molecule is CCCCCCCCCC(CCCCCCC)C(=O)OC(C)Cc1cc(OCCOc2ccc([N+](=O)[O-])cc2)c2ccccc2c1O. The second-order valence-electron chi connectivity index (χ2n) is 12.6. The van der Waals surface area contributed by atoms with Crippen molar-refractivity contribution in [1.29, 1.82) is 0 Å². The molecule has 0 aromatic heterocycles. The number of hydrogen-bond acceptors (Lipinski definition) is 7. The summed E-state index contributed by atoms with van der Waals surface area (Å²) in [4.78, 5) is 23.9. The van der Waals surface area contributed by atoms with Crippen molar-refractivity contribution < 1.29 is 29.0 Å². The minimum absolute atomic E-state index is 0.00250. The highest BCUT2D eigenvalue weighted by Gasteiger charge is 2.23. The zero-order valence-electron chi connectivity index (χ0n) is 28.7. The molecule has 0 aliphatic carbocycles. The Morgan fingerprint density at radius 1 is 0.787 bits per heavy atom. The summed E-state index contributed by atoms with van der Waals surface area (Å²) in [5.41, 5.74) is 0.654. The van der Waals surface area contributed by atoms with Gasteiger partial charge in [-0.15, -0.1) is 0 Å². The molecule has 3 rings (SSSR count). The molecule has 0 bridgehead atoms. The highest BCUT2D eigenvalue weighted by Crippen LogP contribution is 2.37. The van der Waals surface area contributed by atoms with Crippen LogP contribution < -0.4 is 9.47 Å². The molecule has 0 fully saturated rings. The van der Waals surface area contributed by atoms with Gasteiger partial charge in [0.2, 0.25) is 0 Å². The average Bonchev–Trinajstić information content (AvgIpc) is 3.07. The molecule has 0 aliphatic rings. The van der Waals surface area contributed by atoms with Crippen LogP contribution in [-0.4, -0.2) is 35.3 Å². The lowest BCUT2D eigenvalue weighted by Crippen LogP contribution is -2.24. The number of unbranched alkanes of at least 4 members (excludes halogenated alkanes) is 10. The molecule has 1 N–H and O–H groups in total. The van der Waals surface area contributed by atoms with Gasteiger partial charge in [0.05, 0.1) is 10.8 Å². The van der Waals surface area contributed by atoms with Gasteiger partial charge in [-0.2, -0.15) is 0 Å². The van der Waals surface area contributed by atoms with E-state index in [0.717, 1.165) is 43.9 Å². The second kappa shape index (κ2) is 21.1. The van der Waals surface area contributed by atoms with E-state index in [9.17, 15) is 20.0 Å². The maximum absolute atomic E-state index is 13.4. The summed E-state index contributed by atoms with van der Waals surface area (Å²) < 4.78 is 17.8. The molecule has 2 unspecified atom stereocenters. The molecule has 0 saturated heterocycles. The normalized spacial score (nSPS) is 12.5. The summed E-state index contributed by atoms with van der Waals surface area (Å²) in [7, 11) is 0. The third-order valence-corrected chi connectivity index (χ3v) is 8.68. The molecule has 0 amide bonds. The molecule has 3 aromatic carbocycles. The van der Waals surface area contributed by atoms with Crippen LogP contribution in [-0.2, 0) is 16.0 Å². The number of aromatic hydroxyl groups is 1. The van der Waals surface area contributed by atoms with E-state index in [1.54, 1.807) is 12.1 Å². The zero-order valence-corrected chi connectivity index (χ0v) is 28.7. The monoisotopic (exact) mass is 649 g/mol. The third-order valence-electron chi connectivity index (χ3n) is 8.68. The summed E-state index contributed by atoms with van der Waals surface area (Å²) in [6.45, 7) is 6.79. The minimum atomic E-state index is -0.451. The highest BCUT2D eigenvalue weighted by atomic mass is 16.6. The molecule has 0 heterocycles. The number of nitrogens with zero attached hydrogens (tertiary/aromatic N) is 1. The maximum Gasteiger partial charge on any atom is 0.309 e. The van der Waals surface area contributed by atoms with E-state index in [1.807, 2.05) is 37.3 Å². The van der Waals surface area contributed by atoms with E-state index in [2.05, 4.69) is 13.8 Å². The molecule has 258 valence electrons. The fourth-order valence-electron chi connectivity index (χ4n) is 6.00. The molecule has 0 spiro atoms. The second-order valence-corrected chi connectivity index (χ2v) is 12.6. The molecule has 0 saturated carbocycles. The summed E-state index contributed by atoms with van der Waals surface area (Å²) in [5, 5.41) is 23.5. The Bertz CT molecular complexity index is 1360. The molecule has 47 heavy (non-hydrogen) atoms. The number of nitro groups is 1. The Morgan fingerprint density at radius 2 is 1.34 bits per heavy atom. The summed E-state index contributed by atoms with van der Waals surface area (Å²) in [6, 6.07) is 15.2. The quantitative estimate of drug-likeness (QED) is 0.0445. The first-order valence-corrected chi connectivity index (χ1v) is 17.8. The van der Waals surface area contributed by atoms with Crippen LogP contribution in [0.5, 0.6) is 17.2 Å². The third kappa shape index (κ3) is 13.1. The molecule has 8 nitrogen and oxygen atoms in total. The van der Waals surface area contributed by atoms with E-state index < -0.39 is 11.0 Å². The van der Waals surface area contributed by atoms with Gasteiger partial charge in [0, 0.05) is 34.9 Å². The van der Waals surface area contributed by atoms with Crippen molar-refractivity contribution in [3.8, 4) is 17.2 Å². The van der Waals surface area contributed by atoms with E-state index in [4.69, 9.17) is 14.2 Å². The fourth-order valence-corrected chi connectivity index (χ4v) is 6.00. The van der Waals surface area contributed by atoms with Crippen LogP contribution in [0.25, 0.3) is 10.8 Å². The van der Waals surface area contributed by atoms with Crippen molar-refractivity contribution in [2.75, 3.05) is 13.2 Å². The summed E-state index contributed by atoms with van der Waals surface area (Å²) in [6.07, 6.45) is 16.1. The van der Waals surface area contributed by atoms with Gasteiger partial charge >= 0.3 is 5.97 Å². The lowest BCUT2D eigenvalue weighted by Gasteiger charge is -2.21. The molecular formula is C39H55NO7. The first kappa shape index (κ1) is 37.6. The van der Waals surface area contributed by atoms with Gasteiger partial charge in [-0.1, -0.05) is 115 Å². The Labute approximate surface area is 281 Å². The molecule has 8 heteroatoms. The lowest BCUT2D eigenvalue weighted by atomic mass is 9.94. The molecular weight excluding hydrogens is 594 g/mol. The summed E-state index contributed by atoms with van der Waals surface area (Å²) >= 11 is 0. The Hall–Kier alpha value is -3.81. The zero-order chi connectivity index (χ0) is 33.9. The van der Waals surface area contributed by atoms with Gasteiger partial charge in [0.25, 0.3) is 5.69 Å². The number of fused-ring (bicyclic) bond motifs is 1. The van der Waals surface area contributed by atoms with Gasteiger partial charge in [0.1, 0.15) is 36.6 Å². The van der Waals surface area contributed by atoms with Crippen LogP contribution in [0.15, 0.2) is 54.6 Å². The Kier molecular flexibility index (Phi) is 16.9. The number of carbonyl (C=O) groups excluding carboxylic acids is 1. The van der Waals surface area contributed by atoms with Crippen molar-refractivity contribution in [2.24, 2.45) is 5.92 Å². The predicted octanol–water partition coefficient (Wildman–Crippen LogP) is 10.5. The maximum atomic E-state index is 13.4. The van der Waals surface area contributed by atoms with Crippen molar-refractivity contribution in [1.82, 2.24) is 0 Å². The first-order valence-electron chi connectivity index (χ1n) is 17.8. The Morgan fingerprint density at radius 3 is 1.94 bits per heavy atom. The summed E-state index contributed by atoms with van der Waals surface area (Å²) in [5.74, 6) is 1.06. The van der Waals surface area contributed by atoms with E-state index in [1.165, 1.54) is 63.5 Å². The largest absolute Gasteiger partial charge is 0.507 e. The minimum Gasteiger partial charge on any atom is -0.507 e. The lowest BCUT2D eigenvalue weighted by molar-refractivity contribution is -0.384. The Balaban J connectivity index is 1.60. The molecule has 2 atom stereocenters. The van der Waals surface area contributed by atoms with Gasteiger partial charge in [0.15, 0.2) is 0 Å². The van der Waals surface area contributed by atoms with Gasteiger partial charge < -0.3 is 19.3 Å². The number of hydrogen-bond donors (Lipinski definition) is 1.